The van der Waals surface area contributed by atoms with Crippen molar-refractivity contribution in [2.24, 2.45) is 0 Å². The Balaban J connectivity index is 1.62. The smallest absolute Gasteiger partial charge is 0.305 e. The quantitative estimate of drug-likeness (QED) is 0.687. The van der Waals surface area contributed by atoms with Crippen molar-refractivity contribution >= 4 is 11.9 Å². The van der Waals surface area contributed by atoms with Crippen molar-refractivity contribution in [1.29, 1.82) is 0 Å². The molecular formula is C24H30N4O2. The zero-order chi connectivity index (χ0) is 21.1. The van der Waals surface area contributed by atoms with E-state index in [1.807, 2.05) is 53.4 Å². The number of imide groups is 1. The van der Waals surface area contributed by atoms with Gasteiger partial charge >= 0.3 is 6.03 Å². The highest BCUT2D eigenvalue weighted by molar-refractivity contribution is 6.07. The van der Waals surface area contributed by atoms with Gasteiger partial charge in [0.2, 0.25) is 0 Å². The van der Waals surface area contributed by atoms with E-state index in [1.54, 1.807) is 6.20 Å². The van der Waals surface area contributed by atoms with Gasteiger partial charge < -0.3 is 9.80 Å². The average molecular weight is 407 g/mol. The molecule has 4 rings (SSSR count). The number of carbonyl (C=O) groups excluding carboxylic acids is 2. The lowest BCUT2D eigenvalue weighted by Crippen LogP contribution is -2.57. The molecule has 2 aliphatic heterocycles. The predicted molar refractivity (Wildman–Crippen MR) is 115 cm³/mol. The summed E-state index contributed by atoms with van der Waals surface area (Å²) in [5, 5.41) is 0. The maximum atomic E-state index is 13.7. The van der Waals surface area contributed by atoms with Crippen molar-refractivity contribution in [2.45, 2.75) is 57.8 Å². The molecule has 0 aliphatic carbocycles. The molecule has 3 amide bonds. The molecule has 2 saturated heterocycles. The molecule has 0 unspecified atom stereocenters. The summed E-state index contributed by atoms with van der Waals surface area (Å²) in [7, 11) is 0. The Morgan fingerprint density at radius 2 is 1.70 bits per heavy atom. The van der Waals surface area contributed by atoms with Crippen molar-refractivity contribution in [3.63, 3.8) is 0 Å². The van der Waals surface area contributed by atoms with Crippen LogP contribution in [0.5, 0.6) is 0 Å². The minimum absolute atomic E-state index is 0.0714. The largest absolute Gasteiger partial charge is 0.328 e. The fourth-order valence-electron chi connectivity index (χ4n) is 4.64. The minimum Gasteiger partial charge on any atom is -0.305 e. The number of carbonyl (C=O) groups is 2. The first kappa shape index (κ1) is 20.5. The molecule has 2 fully saturated rings. The molecule has 1 aromatic heterocycles. The maximum absolute atomic E-state index is 13.7. The molecule has 0 radical (unpaired) electrons. The van der Waals surface area contributed by atoms with Crippen LogP contribution in [0.25, 0.3) is 0 Å². The molecule has 158 valence electrons. The van der Waals surface area contributed by atoms with Gasteiger partial charge in [-0.2, -0.15) is 0 Å². The molecular weight excluding hydrogens is 376 g/mol. The number of aromatic nitrogens is 1. The molecule has 2 aliphatic rings. The third kappa shape index (κ3) is 3.72. The van der Waals surface area contributed by atoms with Crippen LogP contribution in [0.1, 0.15) is 44.4 Å². The van der Waals surface area contributed by atoms with Crippen molar-refractivity contribution < 1.29 is 9.59 Å². The second-order valence-corrected chi connectivity index (χ2v) is 8.39. The fraction of sp³-hybridized carbons (Fsp3) is 0.458. The van der Waals surface area contributed by atoms with Gasteiger partial charge in [0.15, 0.2) is 0 Å². The molecule has 1 spiro atoms. The highest BCUT2D eigenvalue weighted by Gasteiger charge is 2.58. The molecule has 1 aromatic carbocycles. The molecule has 0 saturated carbocycles. The highest BCUT2D eigenvalue weighted by atomic mass is 16.2. The van der Waals surface area contributed by atoms with Gasteiger partial charge in [0.1, 0.15) is 5.54 Å². The Labute approximate surface area is 178 Å². The van der Waals surface area contributed by atoms with Crippen LogP contribution in [0.15, 0.2) is 54.7 Å². The third-order valence-corrected chi connectivity index (χ3v) is 6.69. The summed E-state index contributed by atoms with van der Waals surface area (Å²) < 4.78 is 0. The standard InChI is InChI=1S/C24H30N4O2/c1-3-19(2)26-15-12-24(13-16-26)22(29)27(18-21-11-7-8-14-25-21)23(30)28(24)17-20-9-5-4-6-10-20/h4-11,14,19H,3,12-13,15-18H2,1-2H3/t19-/m0/s1. The first-order valence-corrected chi connectivity index (χ1v) is 10.9. The second kappa shape index (κ2) is 8.56. The first-order valence-electron chi connectivity index (χ1n) is 10.9. The number of piperidine rings is 1. The summed E-state index contributed by atoms with van der Waals surface area (Å²) >= 11 is 0. The molecule has 0 bridgehead atoms. The number of pyridine rings is 1. The second-order valence-electron chi connectivity index (χ2n) is 8.39. The Morgan fingerprint density at radius 1 is 1.00 bits per heavy atom. The number of hydrogen-bond donors (Lipinski definition) is 0. The van der Waals surface area contributed by atoms with E-state index < -0.39 is 5.54 Å². The van der Waals surface area contributed by atoms with Gasteiger partial charge in [-0.25, -0.2) is 4.79 Å². The van der Waals surface area contributed by atoms with Crippen LogP contribution < -0.4 is 0 Å². The lowest BCUT2D eigenvalue weighted by molar-refractivity contribution is -0.136. The summed E-state index contributed by atoms with van der Waals surface area (Å²) in [6, 6.07) is 15.8. The van der Waals surface area contributed by atoms with E-state index in [1.165, 1.54) is 4.90 Å². The molecule has 6 heteroatoms. The van der Waals surface area contributed by atoms with E-state index in [0.29, 0.717) is 25.4 Å². The van der Waals surface area contributed by atoms with Gasteiger partial charge in [0.05, 0.1) is 12.2 Å². The van der Waals surface area contributed by atoms with Gasteiger partial charge in [-0.1, -0.05) is 43.3 Å². The Hall–Kier alpha value is -2.73. The zero-order valence-corrected chi connectivity index (χ0v) is 17.8. The van der Waals surface area contributed by atoms with E-state index in [-0.39, 0.29) is 18.5 Å². The van der Waals surface area contributed by atoms with Crippen LogP contribution in [-0.4, -0.2) is 56.3 Å². The van der Waals surface area contributed by atoms with Crippen LogP contribution in [0.2, 0.25) is 0 Å². The lowest BCUT2D eigenvalue weighted by Gasteiger charge is -2.44. The molecule has 2 aromatic rings. The van der Waals surface area contributed by atoms with Crippen LogP contribution in [0.3, 0.4) is 0 Å². The monoisotopic (exact) mass is 406 g/mol. The number of urea groups is 1. The maximum Gasteiger partial charge on any atom is 0.328 e. The predicted octanol–water partition coefficient (Wildman–Crippen LogP) is 3.68. The number of rotatable bonds is 6. The first-order chi connectivity index (χ1) is 14.5. The molecule has 30 heavy (non-hydrogen) atoms. The Kier molecular flexibility index (Phi) is 5.86. The number of hydrogen-bond acceptors (Lipinski definition) is 4. The SMILES string of the molecule is CC[C@H](C)N1CCC2(CC1)C(=O)N(Cc1ccccn1)C(=O)N2Cc1ccccc1. The van der Waals surface area contributed by atoms with E-state index >= 15 is 0 Å². The van der Waals surface area contributed by atoms with Gasteiger partial charge in [0.25, 0.3) is 5.91 Å². The van der Waals surface area contributed by atoms with Gasteiger partial charge in [0, 0.05) is 31.9 Å². The number of likely N-dealkylation sites (tertiary alicyclic amines) is 1. The summed E-state index contributed by atoms with van der Waals surface area (Å²) in [6.45, 7) is 6.76. The molecule has 1 atom stereocenters. The van der Waals surface area contributed by atoms with Gasteiger partial charge in [-0.05, 0) is 43.9 Å². The minimum atomic E-state index is -0.758. The van der Waals surface area contributed by atoms with Crippen molar-refractivity contribution in [1.82, 2.24) is 19.7 Å². The fourth-order valence-corrected chi connectivity index (χ4v) is 4.64. The average Bonchev–Trinajstić information content (AvgIpc) is 2.97. The van der Waals surface area contributed by atoms with E-state index in [4.69, 9.17) is 0 Å². The van der Waals surface area contributed by atoms with Crippen molar-refractivity contribution in [3.8, 4) is 0 Å². The molecule has 6 nitrogen and oxygen atoms in total. The third-order valence-electron chi connectivity index (χ3n) is 6.69. The van der Waals surface area contributed by atoms with Gasteiger partial charge in [-0.15, -0.1) is 0 Å². The number of benzene rings is 1. The van der Waals surface area contributed by atoms with Crippen molar-refractivity contribution in [2.75, 3.05) is 13.1 Å². The molecule has 3 heterocycles. The van der Waals surface area contributed by atoms with E-state index in [0.717, 1.165) is 30.8 Å². The lowest BCUT2D eigenvalue weighted by atomic mass is 9.85. The zero-order valence-electron chi connectivity index (χ0n) is 17.8. The summed E-state index contributed by atoms with van der Waals surface area (Å²) in [5.74, 6) is -0.0714. The van der Waals surface area contributed by atoms with Crippen LogP contribution in [-0.2, 0) is 17.9 Å². The van der Waals surface area contributed by atoms with E-state index in [2.05, 4.69) is 23.7 Å². The summed E-state index contributed by atoms with van der Waals surface area (Å²) in [4.78, 5) is 37.1. The summed E-state index contributed by atoms with van der Waals surface area (Å²) in [6.07, 6.45) is 4.13. The highest BCUT2D eigenvalue weighted by Crippen LogP contribution is 2.39. The topological polar surface area (TPSA) is 56.8 Å². The normalized spacial score (nSPS) is 20.2. The Morgan fingerprint density at radius 3 is 2.33 bits per heavy atom. The summed E-state index contributed by atoms with van der Waals surface area (Å²) in [5.41, 5.74) is 1.01. The van der Waals surface area contributed by atoms with Crippen molar-refractivity contribution in [3.05, 3.63) is 66.0 Å². The number of amides is 3. The number of nitrogens with zero attached hydrogens (tertiary/aromatic N) is 4. The van der Waals surface area contributed by atoms with Crippen LogP contribution in [0.4, 0.5) is 4.79 Å². The Bertz CT molecular complexity index is 879. The molecule has 0 N–H and O–H groups in total. The van der Waals surface area contributed by atoms with E-state index in [9.17, 15) is 9.59 Å². The van der Waals surface area contributed by atoms with Crippen LogP contribution in [0, 0.1) is 0 Å². The van der Waals surface area contributed by atoms with Crippen LogP contribution >= 0.6 is 0 Å². The van der Waals surface area contributed by atoms with Gasteiger partial charge in [-0.3, -0.25) is 14.7 Å².